The van der Waals surface area contributed by atoms with Crippen LogP contribution < -0.4 is 5.56 Å². The van der Waals surface area contributed by atoms with Crippen LogP contribution in [0.15, 0.2) is 17.4 Å². The van der Waals surface area contributed by atoms with E-state index in [2.05, 4.69) is 24.9 Å². The van der Waals surface area contributed by atoms with E-state index < -0.39 is 0 Å². The van der Waals surface area contributed by atoms with Crippen molar-refractivity contribution in [1.29, 1.82) is 0 Å². The van der Waals surface area contributed by atoms with Gasteiger partial charge in [-0.3, -0.25) is 9.59 Å². The molecule has 7 nitrogen and oxygen atoms in total. The van der Waals surface area contributed by atoms with E-state index in [4.69, 9.17) is 23.2 Å². The van der Waals surface area contributed by atoms with Crippen molar-refractivity contribution < 1.29 is 4.79 Å². The number of H-pyrrole nitrogens is 1. The van der Waals surface area contributed by atoms with E-state index in [0.717, 1.165) is 22.2 Å². The van der Waals surface area contributed by atoms with E-state index in [1.807, 2.05) is 0 Å². The summed E-state index contributed by atoms with van der Waals surface area (Å²) in [4.78, 5) is 42.2. The number of halogens is 2. The summed E-state index contributed by atoms with van der Waals surface area (Å²) in [6, 6.07) is 0. The summed E-state index contributed by atoms with van der Waals surface area (Å²) in [6.45, 7) is 0. The molecule has 2 aliphatic carbocycles. The third-order valence-electron chi connectivity index (χ3n) is 4.83. The lowest BCUT2D eigenvalue weighted by atomic mass is 10.1. The van der Waals surface area contributed by atoms with Crippen LogP contribution in [0, 0.1) is 11.8 Å². The van der Waals surface area contributed by atoms with E-state index in [1.165, 1.54) is 49.7 Å². The second-order valence-electron chi connectivity index (χ2n) is 7.44. The first-order chi connectivity index (χ1) is 14.0. The van der Waals surface area contributed by atoms with Crippen LogP contribution in [0.2, 0.25) is 10.3 Å². The van der Waals surface area contributed by atoms with Gasteiger partial charge in [0.25, 0.3) is 5.56 Å². The molecule has 0 unspecified atom stereocenters. The Kier molecular flexibility index (Phi) is 6.22. The standard InChI is InChI=1S/C10H10Cl2N2O.C9H9N3OS/c11-9-8(10(12)14-5-13-9)4-7(15)3-6-1-2-6;13-8-7-9(11-4-10-8)14-6(12-7)3-5-1-2-5/h5-6H,1-4H2;4-5H,1-3H2,(H,10,11,13). The number of Topliss-reactive ketones (excluding diaryl/α,β-unsaturated/α-hetero) is 1. The average molecular weight is 452 g/mol. The van der Waals surface area contributed by atoms with Crippen molar-refractivity contribution in [2.75, 3.05) is 0 Å². The summed E-state index contributed by atoms with van der Waals surface area (Å²) in [5.74, 6) is 1.55. The van der Waals surface area contributed by atoms with Crippen molar-refractivity contribution in [1.82, 2.24) is 24.9 Å². The van der Waals surface area contributed by atoms with Crippen LogP contribution in [-0.4, -0.2) is 30.7 Å². The maximum Gasteiger partial charge on any atom is 0.278 e. The fraction of sp³-hybridized carbons (Fsp3) is 0.474. The molecule has 0 amide bonds. The van der Waals surface area contributed by atoms with Gasteiger partial charge < -0.3 is 4.98 Å². The van der Waals surface area contributed by atoms with E-state index in [-0.39, 0.29) is 28.1 Å². The van der Waals surface area contributed by atoms with Gasteiger partial charge >= 0.3 is 0 Å². The molecule has 3 aromatic rings. The second-order valence-corrected chi connectivity index (χ2v) is 9.22. The largest absolute Gasteiger partial charge is 0.311 e. The fourth-order valence-corrected chi connectivity index (χ4v) is 4.36. The number of carbonyl (C=O) groups excluding carboxylic acids is 1. The number of carbonyl (C=O) groups is 1. The van der Waals surface area contributed by atoms with Gasteiger partial charge in [-0.05, 0) is 37.5 Å². The number of rotatable bonds is 6. The maximum absolute atomic E-state index is 11.6. The smallest absolute Gasteiger partial charge is 0.278 e. The average Bonchev–Trinajstić information content (AvgIpc) is 3.60. The highest BCUT2D eigenvalue weighted by Crippen LogP contribution is 2.34. The molecule has 29 heavy (non-hydrogen) atoms. The molecule has 10 heteroatoms. The van der Waals surface area contributed by atoms with E-state index in [1.54, 1.807) is 0 Å². The van der Waals surface area contributed by atoms with Crippen LogP contribution in [0.5, 0.6) is 0 Å². The minimum Gasteiger partial charge on any atom is -0.311 e. The first-order valence-electron chi connectivity index (χ1n) is 9.49. The first kappa shape index (κ1) is 20.4. The van der Waals surface area contributed by atoms with Crippen molar-refractivity contribution in [3.8, 4) is 0 Å². The van der Waals surface area contributed by atoms with Crippen LogP contribution in [0.1, 0.15) is 42.7 Å². The van der Waals surface area contributed by atoms with Gasteiger partial charge in [0.15, 0.2) is 10.3 Å². The summed E-state index contributed by atoms with van der Waals surface area (Å²) in [6.07, 6.45) is 9.55. The number of hydrogen-bond acceptors (Lipinski definition) is 7. The van der Waals surface area contributed by atoms with Gasteiger partial charge in [-0.25, -0.2) is 19.9 Å². The Morgan fingerprint density at radius 3 is 2.41 bits per heavy atom. The van der Waals surface area contributed by atoms with Crippen molar-refractivity contribution in [3.05, 3.63) is 43.9 Å². The number of hydrogen-bond donors (Lipinski definition) is 1. The number of nitrogens with one attached hydrogen (secondary N) is 1. The van der Waals surface area contributed by atoms with Crippen LogP contribution in [0.4, 0.5) is 0 Å². The Morgan fingerprint density at radius 1 is 1.10 bits per heavy atom. The zero-order valence-corrected chi connectivity index (χ0v) is 17.9. The molecule has 2 aliphatic rings. The van der Waals surface area contributed by atoms with Gasteiger partial charge in [0.2, 0.25) is 0 Å². The Balaban J connectivity index is 0.000000141. The third-order valence-corrected chi connectivity index (χ3v) is 6.47. The van der Waals surface area contributed by atoms with Gasteiger partial charge in [0, 0.05) is 24.8 Å². The van der Waals surface area contributed by atoms with Crippen LogP contribution in [0.3, 0.4) is 0 Å². The normalized spacial score (nSPS) is 15.8. The van der Waals surface area contributed by atoms with Gasteiger partial charge in [0.1, 0.15) is 22.4 Å². The molecule has 5 rings (SSSR count). The molecular weight excluding hydrogens is 433 g/mol. The van der Waals surface area contributed by atoms with Crippen LogP contribution >= 0.6 is 34.5 Å². The van der Waals surface area contributed by atoms with E-state index in [0.29, 0.717) is 23.4 Å². The lowest BCUT2D eigenvalue weighted by molar-refractivity contribution is -0.118. The lowest BCUT2D eigenvalue weighted by Crippen LogP contribution is -2.06. The van der Waals surface area contributed by atoms with Crippen molar-refractivity contribution in [2.45, 2.75) is 44.9 Å². The summed E-state index contributed by atoms with van der Waals surface area (Å²) in [7, 11) is 0. The number of thiazole rings is 1. The Hall–Kier alpha value is -1.90. The third kappa shape index (κ3) is 5.58. The quantitative estimate of drug-likeness (QED) is 0.567. The Morgan fingerprint density at radius 2 is 1.79 bits per heavy atom. The molecule has 0 saturated heterocycles. The minimum absolute atomic E-state index is 0.131. The molecule has 0 aromatic carbocycles. The predicted molar refractivity (Wildman–Crippen MR) is 113 cm³/mol. The van der Waals surface area contributed by atoms with Gasteiger partial charge in [-0.2, -0.15) is 0 Å². The molecule has 0 radical (unpaired) electrons. The SMILES string of the molecule is O=C(Cc1c(Cl)ncnc1Cl)CC1CC1.O=c1[nH]cnc2sc(CC3CC3)nc12. The minimum atomic E-state index is -0.131. The highest BCUT2D eigenvalue weighted by molar-refractivity contribution is 7.18. The molecule has 3 heterocycles. The van der Waals surface area contributed by atoms with Gasteiger partial charge in [-0.15, -0.1) is 0 Å². The molecule has 0 atom stereocenters. The van der Waals surface area contributed by atoms with Gasteiger partial charge in [0.05, 0.1) is 11.3 Å². The number of nitrogens with zero attached hydrogens (tertiary/aromatic N) is 4. The molecule has 0 aliphatic heterocycles. The molecule has 0 bridgehead atoms. The molecule has 2 fully saturated rings. The molecule has 2 saturated carbocycles. The highest BCUT2D eigenvalue weighted by atomic mass is 35.5. The highest BCUT2D eigenvalue weighted by Gasteiger charge is 2.25. The second kappa shape index (κ2) is 8.85. The fourth-order valence-electron chi connectivity index (χ4n) is 2.90. The summed E-state index contributed by atoms with van der Waals surface area (Å²) in [5.41, 5.74) is 0.910. The summed E-state index contributed by atoms with van der Waals surface area (Å²) >= 11 is 13.2. The molecule has 152 valence electrons. The van der Waals surface area contributed by atoms with E-state index in [9.17, 15) is 9.59 Å². The zero-order valence-electron chi connectivity index (χ0n) is 15.5. The Bertz CT molecular complexity index is 1070. The lowest BCUT2D eigenvalue weighted by Gasteiger charge is -2.03. The number of ketones is 1. The van der Waals surface area contributed by atoms with Crippen molar-refractivity contribution >= 4 is 50.7 Å². The Labute approximate surface area is 180 Å². The topological polar surface area (TPSA) is 101 Å². The predicted octanol–water partition coefficient (Wildman–Crippen LogP) is 4.03. The summed E-state index contributed by atoms with van der Waals surface area (Å²) < 4.78 is 0. The monoisotopic (exact) mass is 451 g/mol. The summed E-state index contributed by atoms with van der Waals surface area (Å²) in [5, 5.41) is 1.60. The molecule has 1 N–H and O–H groups in total. The molecular formula is C19H19Cl2N5O2S. The molecule has 3 aromatic heterocycles. The number of aromatic amines is 1. The zero-order chi connectivity index (χ0) is 20.4. The van der Waals surface area contributed by atoms with Crippen LogP contribution in [-0.2, 0) is 17.6 Å². The number of fused-ring (bicyclic) bond motifs is 1. The van der Waals surface area contributed by atoms with Gasteiger partial charge in [-0.1, -0.05) is 34.5 Å². The van der Waals surface area contributed by atoms with Crippen molar-refractivity contribution in [2.24, 2.45) is 11.8 Å². The first-order valence-corrected chi connectivity index (χ1v) is 11.1. The number of aromatic nitrogens is 5. The van der Waals surface area contributed by atoms with E-state index >= 15 is 0 Å². The van der Waals surface area contributed by atoms with Crippen molar-refractivity contribution in [3.63, 3.8) is 0 Å². The maximum atomic E-state index is 11.6. The molecule has 0 spiro atoms. The van der Waals surface area contributed by atoms with Crippen LogP contribution in [0.25, 0.3) is 10.3 Å².